The average molecular weight is 298 g/mol. The summed E-state index contributed by atoms with van der Waals surface area (Å²) < 4.78 is 6.93. The van der Waals surface area contributed by atoms with Gasteiger partial charge in [0.1, 0.15) is 12.1 Å². The van der Waals surface area contributed by atoms with E-state index in [-0.39, 0.29) is 0 Å². The number of hydrogen-bond donors (Lipinski definition) is 1. The fourth-order valence-corrected chi connectivity index (χ4v) is 2.42. The molecule has 3 aromatic rings. The summed E-state index contributed by atoms with van der Waals surface area (Å²) in [5.74, 6) is 1.82. The van der Waals surface area contributed by atoms with Crippen molar-refractivity contribution in [2.75, 3.05) is 36.9 Å². The maximum Gasteiger partial charge on any atom is 0.178 e. The molecule has 0 amide bonds. The second-order valence-electron chi connectivity index (χ2n) is 4.90. The largest absolute Gasteiger partial charge is 0.383 e. The van der Waals surface area contributed by atoms with Crippen LogP contribution in [0.4, 0.5) is 11.6 Å². The predicted molar refractivity (Wildman–Crippen MR) is 79.7 cm³/mol. The molecule has 0 atom stereocenters. The first-order valence-electron chi connectivity index (χ1n) is 6.94. The molecule has 0 bridgehead atoms. The number of nitrogen functional groups attached to an aromatic ring is 1. The van der Waals surface area contributed by atoms with Crippen molar-refractivity contribution < 1.29 is 4.74 Å². The summed E-state index contributed by atoms with van der Waals surface area (Å²) >= 11 is 0. The minimum atomic E-state index is 0.397. The van der Waals surface area contributed by atoms with E-state index in [4.69, 9.17) is 10.5 Å². The zero-order valence-electron chi connectivity index (χ0n) is 11.8. The maximum atomic E-state index is 5.81. The number of ether oxygens (including phenoxy) is 1. The van der Waals surface area contributed by atoms with E-state index in [1.165, 1.54) is 6.33 Å². The lowest BCUT2D eigenvalue weighted by Gasteiger charge is -2.27. The highest BCUT2D eigenvalue weighted by atomic mass is 16.5. The van der Waals surface area contributed by atoms with Gasteiger partial charge in [-0.15, -0.1) is 10.2 Å². The summed E-state index contributed by atoms with van der Waals surface area (Å²) in [6.45, 7) is 3.07. The highest BCUT2D eigenvalue weighted by Gasteiger charge is 2.14. The molecule has 0 radical (unpaired) electrons. The number of nitrogens with zero attached hydrogens (tertiary/aromatic N) is 7. The van der Waals surface area contributed by atoms with Crippen LogP contribution in [-0.4, -0.2) is 56.2 Å². The second kappa shape index (κ2) is 5.19. The molecule has 3 aromatic heterocycles. The third-order valence-electron chi connectivity index (χ3n) is 3.59. The number of nitrogens with two attached hydrogens (primary N) is 1. The van der Waals surface area contributed by atoms with Gasteiger partial charge < -0.3 is 15.4 Å². The molecular formula is C13H14N8O. The molecule has 0 saturated carbocycles. The van der Waals surface area contributed by atoms with E-state index in [9.17, 15) is 0 Å². The van der Waals surface area contributed by atoms with Crippen LogP contribution in [0.3, 0.4) is 0 Å². The third-order valence-corrected chi connectivity index (χ3v) is 3.59. The summed E-state index contributed by atoms with van der Waals surface area (Å²) in [6, 6.07) is 3.79. The number of aromatic nitrogens is 6. The van der Waals surface area contributed by atoms with Gasteiger partial charge in [-0.1, -0.05) is 0 Å². The zero-order chi connectivity index (χ0) is 14.9. The van der Waals surface area contributed by atoms with E-state index in [0.717, 1.165) is 18.9 Å². The van der Waals surface area contributed by atoms with Crippen LogP contribution in [0.2, 0.25) is 0 Å². The van der Waals surface area contributed by atoms with Gasteiger partial charge in [0, 0.05) is 13.1 Å². The quantitative estimate of drug-likeness (QED) is 0.705. The fourth-order valence-electron chi connectivity index (χ4n) is 2.42. The van der Waals surface area contributed by atoms with Gasteiger partial charge in [0.2, 0.25) is 0 Å². The summed E-state index contributed by atoms with van der Waals surface area (Å²) in [5, 5.41) is 13.5. The first-order valence-corrected chi connectivity index (χ1v) is 6.94. The SMILES string of the molecule is Nc1ncnc2c1cnn2-c1ccc(N2CCOCC2)nn1. The van der Waals surface area contributed by atoms with Crippen molar-refractivity contribution in [3.8, 4) is 5.82 Å². The van der Waals surface area contributed by atoms with Crippen LogP contribution in [0.5, 0.6) is 0 Å². The Morgan fingerprint density at radius 3 is 2.59 bits per heavy atom. The van der Waals surface area contributed by atoms with E-state index in [1.54, 1.807) is 10.9 Å². The number of rotatable bonds is 2. The molecule has 9 heteroatoms. The zero-order valence-corrected chi connectivity index (χ0v) is 11.8. The Kier molecular flexibility index (Phi) is 3.04. The third kappa shape index (κ3) is 2.11. The molecule has 1 aliphatic rings. The van der Waals surface area contributed by atoms with Crippen molar-refractivity contribution in [1.82, 2.24) is 29.9 Å². The minimum Gasteiger partial charge on any atom is -0.383 e. The van der Waals surface area contributed by atoms with Crippen LogP contribution >= 0.6 is 0 Å². The molecule has 4 rings (SSSR count). The normalized spacial score (nSPS) is 15.4. The molecular weight excluding hydrogens is 284 g/mol. The number of morpholine rings is 1. The Morgan fingerprint density at radius 2 is 1.82 bits per heavy atom. The molecule has 1 aliphatic heterocycles. The lowest BCUT2D eigenvalue weighted by molar-refractivity contribution is 0.122. The van der Waals surface area contributed by atoms with E-state index >= 15 is 0 Å². The van der Waals surface area contributed by atoms with Gasteiger partial charge in [0.25, 0.3) is 0 Å². The van der Waals surface area contributed by atoms with Crippen molar-refractivity contribution >= 4 is 22.7 Å². The lowest BCUT2D eigenvalue weighted by atomic mass is 10.4. The van der Waals surface area contributed by atoms with E-state index < -0.39 is 0 Å². The van der Waals surface area contributed by atoms with Crippen LogP contribution in [0.25, 0.3) is 16.9 Å². The number of hydrogen-bond acceptors (Lipinski definition) is 8. The Morgan fingerprint density at radius 1 is 1.05 bits per heavy atom. The lowest BCUT2D eigenvalue weighted by Crippen LogP contribution is -2.36. The van der Waals surface area contributed by atoms with Crippen molar-refractivity contribution in [2.45, 2.75) is 0 Å². The monoisotopic (exact) mass is 298 g/mol. The number of anilines is 2. The average Bonchev–Trinajstić information content (AvgIpc) is 3.01. The van der Waals surface area contributed by atoms with Crippen molar-refractivity contribution in [1.29, 1.82) is 0 Å². The molecule has 1 saturated heterocycles. The van der Waals surface area contributed by atoms with Gasteiger partial charge in [0.05, 0.1) is 24.8 Å². The highest BCUT2D eigenvalue weighted by Crippen LogP contribution is 2.19. The van der Waals surface area contributed by atoms with Gasteiger partial charge in [-0.25, -0.2) is 9.97 Å². The van der Waals surface area contributed by atoms with Crippen LogP contribution in [0.1, 0.15) is 0 Å². The van der Waals surface area contributed by atoms with E-state index in [2.05, 4.69) is 30.2 Å². The van der Waals surface area contributed by atoms with Crippen molar-refractivity contribution in [3.05, 3.63) is 24.7 Å². The maximum absolute atomic E-state index is 5.81. The molecule has 4 heterocycles. The van der Waals surface area contributed by atoms with Gasteiger partial charge in [-0.3, -0.25) is 0 Å². The summed E-state index contributed by atoms with van der Waals surface area (Å²) in [5.41, 5.74) is 6.42. The number of fused-ring (bicyclic) bond motifs is 1. The van der Waals surface area contributed by atoms with Gasteiger partial charge >= 0.3 is 0 Å². The second-order valence-corrected chi connectivity index (χ2v) is 4.90. The molecule has 2 N–H and O–H groups in total. The molecule has 0 aliphatic carbocycles. The van der Waals surface area contributed by atoms with Gasteiger partial charge in [-0.05, 0) is 12.1 Å². The molecule has 22 heavy (non-hydrogen) atoms. The van der Waals surface area contributed by atoms with Crippen LogP contribution in [-0.2, 0) is 4.74 Å². The van der Waals surface area contributed by atoms with Gasteiger partial charge in [0.15, 0.2) is 17.3 Å². The van der Waals surface area contributed by atoms with Crippen LogP contribution < -0.4 is 10.6 Å². The fraction of sp³-hybridized carbons (Fsp3) is 0.308. The first kappa shape index (κ1) is 12.9. The summed E-state index contributed by atoms with van der Waals surface area (Å²) in [4.78, 5) is 10.3. The molecule has 0 spiro atoms. The summed E-state index contributed by atoms with van der Waals surface area (Å²) in [7, 11) is 0. The van der Waals surface area contributed by atoms with Crippen LogP contribution in [0, 0.1) is 0 Å². The Hall–Kier alpha value is -2.81. The van der Waals surface area contributed by atoms with E-state index in [0.29, 0.717) is 35.9 Å². The van der Waals surface area contributed by atoms with Crippen molar-refractivity contribution in [2.24, 2.45) is 0 Å². The Balaban J connectivity index is 1.68. The topological polar surface area (TPSA) is 108 Å². The Bertz CT molecular complexity index is 793. The molecule has 9 nitrogen and oxygen atoms in total. The molecule has 1 fully saturated rings. The van der Waals surface area contributed by atoms with Crippen molar-refractivity contribution in [3.63, 3.8) is 0 Å². The standard InChI is InChI=1S/C13H14N8O/c14-12-9-7-17-21(13(9)16-8-15-12)11-2-1-10(18-19-11)20-3-5-22-6-4-20/h1-2,7-8H,3-6H2,(H2,14,15,16). The minimum absolute atomic E-state index is 0.397. The molecule has 112 valence electrons. The smallest absolute Gasteiger partial charge is 0.178 e. The van der Waals surface area contributed by atoms with Gasteiger partial charge in [-0.2, -0.15) is 9.78 Å². The first-order chi connectivity index (χ1) is 10.8. The highest BCUT2D eigenvalue weighted by molar-refractivity contribution is 5.85. The predicted octanol–water partition coefficient (Wildman–Crippen LogP) is 0.0243. The van der Waals surface area contributed by atoms with Crippen LogP contribution in [0.15, 0.2) is 24.7 Å². The summed E-state index contributed by atoms with van der Waals surface area (Å²) in [6.07, 6.45) is 3.04. The molecule has 0 unspecified atom stereocenters. The molecule has 0 aromatic carbocycles. The Labute approximate surface area is 125 Å². The van der Waals surface area contributed by atoms with E-state index in [1.807, 2.05) is 12.1 Å².